The monoisotopic (exact) mass is 370 g/mol. The molecule has 2 nitrogen and oxygen atoms in total. The molecule has 0 aliphatic carbocycles. The summed E-state index contributed by atoms with van der Waals surface area (Å²) in [6, 6.07) is 0. The number of halogens is 2. The van der Waals surface area contributed by atoms with Crippen molar-refractivity contribution in [2.75, 3.05) is 0 Å². The van der Waals surface area contributed by atoms with Gasteiger partial charge in [0.1, 0.15) is 0 Å². The van der Waals surface area contributed by atoms with Crippen molar-refractivity contribution in [2.45, 2.75) is 0 Å². The van der Waals surface area contributed by atoms with Gasteiger partial charge in [0, 0.05) is 0 Å². The Morgan fingerprint density at radius 2 is 1.50 bits per heavy atom. The summed E-state index contributed by atoms with van der Waals surface area (Å²) in [6.07, 6.45) is 0.750. The topological polar surface area (TPSA) is 49.9 Å². The first kappa shape index (κ1) is 25.9. The fourth-order valence-electron chi connectivity index (χ4n) is 0. The molecule has 0 saturated carbocycles. The molecule has 0 amide bonds. The molecule has 0 aromatic heterocycles. The van der Waals surface area contributed by atoms with Crippen molar-refractivity contribution in [1.29, 1.82) is 5.41 Å². The third-order valence-corrected chi connectivity index (χ3v) is 0. The van der Waals surface area contributed by atoms with Gasteiger partial charge in [-0.3, -0.25) is 5.41 Å². The van der Waals surface area contributed by atoms with Gasteiger partial charge < -0.3 is 46.7 Å². The summed E-state index contributed by atoms with van der Waals surface area (Å²) in [5.41, 5.74) is 4.39. The molecule has 0 bridgehead atoms. The summed E-state index contributed by atoms with van der Waals surface area (Å²) in [7, 11) is 0. The number of hydrogen-bond acceptors (Lipinski definition) is 1. The van der Waals surface area contributed by atoms with E-state index in [0.29, 0.717) is 0 Å². The minimum atomic E-state index is 0. The van der Waals surface area contributed by atoms with Crippen LogP contribution in [-0.2, 0) is 0 Å². The first-order valence-corrected chi connectivity index (χ1v) is 0.622. The summed E-state index contributed by atoms with van der Waals surface area (Å²) in [4.78, 5) is 0. The molecule has 0 aliphatic rings. The van der Waals surface area contributed by atoms with E-state index in [0.717, 1.165) is 6.34 Å². The van der Waals surface area contributed by atoms with Gasteiger partial charge in [-0.05, 0) is 0 Å². The van der Waals surface area contributed by atoms with Crippen molar-refractivity contribution < 1.29 is 41.0 Å². The van der Waals surface area contributed by atoms with Crippen LogP contribution in [0.4, 0.5) is 0 Å². The Morgan fingerprint density at radius 1 is 1.50 bits per heavy atom. The van der Waals surface area contributed by atoms with Crippen molar-refractivity contribution in [3.05, 3.63) is 0 Å². The fraction of sp³-hybridized carbons (Fsp3) is 0. The van der Waals surface area contributed by atoms with Crippen molar-refractivity contribution in [3.8, 4) is 0 Å². The molecule has 0 aliphatic heterocycles. The second-order valence-electron chi connectivity index (χ2n) is 0.167. The maximum Gasteiger partial charge on any atom is 2.00 e. The van der Waals surface area contributed by atoms with E-state index in [-0.39, 0.29) is 64.9 Å². The zero-order valence-electron chi connectivity index (χ0n) is 2.91. The van der Waals surface area contributed by atoms with E-state index in [2.05, 4.69) is 5.73 Å². The second kappa shape index (κ2) is 31.7. The normalized spacial score (nSPS) is 2.00. The molecule has 0 spiro atoms. The van der Waals surface area contributed by atoms with Gasteiger partial charge in [0.2, 0.25) is 0 Å². The molecular formula is CH4BrIN2Sn. The van der Waals surface area contributed by atoms with Crippen LogP contribution in [0.15, 0.2) is 0 Å². The summed E-state index contributed by atoms with van der Waals surface area (Å²) in [5, 5.41) is 5.86. The van der Waals surface area contributed by atoms with Crippen LogP contribution >= 0.6 is 0 Å². The summed E-state index contributed by atoms with van der Waals surface area (Å²) in [5.74, 6) is 0. The Labute approximate surface area is 81.5 Å². The van der Waals surface area contributed by atoms with Gasteiger partial charge in [0.25, 0.3) is 0 Å². The van der Waals surface area contributed by atoms with Gasteiger partial charge in [-0.15, -0.1) is 0 Å². The number of nitrogens with one attached hydrogen (secondary N) is 1. The largest absolute Gasteiger partial charge is 2.00 e. The van der Waals surface area contributed by atoms with E-state index in [1.165, 1.54) is 0 Å². The predicted molar refractivity (Wildman–Crippen MR) is 18.7 cm³/mol. The molecule has 3 N–H and O–H groups in total. The molecule has 0 fully saturated rings. The zero-order chi connectivity index (χ0) is 2.71. The third kappa shape index (κ3) is 50.3. The van der Waals surface area contributed by atoms with E-state index >= 15 is 0 Å². The van der Waals surface area contributed by atoms with Crippen LogP contribution in [0, 0.1) is 5.41 Å². The van der Waals surface area contributed by atoms with Crippen LogP contribution in [0.3, 0.4) is 0 Å². The smallest absolute Gasteiger partial charge is 1.00 e. The molecular weight excluding hydrogens is 366 g/mol. The molecule has 2 radical (unpaired) electrons. The Bertz CT molecular complexity index is 21.0. The van der Waals surface area contributed by atoms with Crippen molar-refractivity contribution in [2.24, 2.45) is 5.73 Å². The number of nitrogens with two attached hydrogens (primary N) is 1. The summed E-state index contributed by atoms with van der Waals surface area (Å²) < 4.78 is 0. The van der Waals surface area contributed by atoms with Gasteiger partial charge in [-0.2, -0.15) is 0 Å². The van der Waals surface area contributed by atoms with Gasteiger partial charge in [0.15, 0.2) is 0 Å². The minimum absolute atomic E-state index is 0. The van der Waals surface area contributed by atoms with Crippen molar-refractivity contribution in [3.63, 3.8) is 0 Å². The summed E-state index contributed by atoms with van der Waals surface area (Å²) in [6.45, 7) is 0. The van der Waals surface area contributed by atoms with Gasteiger partial charge in [-0.25, -0.2) is 0 Å². The Balaban J connectivity index is -0.00000000667. The molecule has 0 aromatic rings. The molecule has 0 heterocycles. The first-order chi connectivity index (χ1) is 1.41. The zero-order valence-corrected chi connectivity index (χ0v) is 9.51. The number of rotatable bonds is 0. The van der Waals surface area contributed by atoms with E-state index in [4.69, 9.17) is 5.41 Å². The molecule has 5 heteroatoms. The van der Waals surface area contributed by atoms with Crippen molar-refractivity contribution in [1.82, 2.24) is 0 Å². The molecule has 36 valence electrons. The summed E-state index contributed by atoms with van der Waals surface area (Å²) >= 11 is 0. The first-order valence-electron chi connectivity index (χ1n) is 0.622. The Kier molecular flexibility index (Phi) is 137. The van der Waals surface area contributed by atoms with E-state index in [9.17, 15) is 0 Å². The van der Waals surface area contributed by atoms with Gasteiger partial charge >= 0.3 is 23.9 Å². The molecule has 0 unspecified atom stereocenters. The Hall–Kier alpha value is 1.48. The average Bonchev–Trinajstić information content (AvgIpc) is 0.918. The molecule has 6 heavy (non-hydrogen) atoms. The van der Waals surface area contributed by atoms with Crippen LogP contribution in [0.2, 0.25) is 0 Å². The quantitative estimate of drug-likeness (QED) is 0.190. The van der Waals surface area contributed by atoms with E-state index in [1.54, 1.807) is 0 Å². The van der Waals surface area contributed by atoms with Gasteiger partial charge in [-0.1, -0.05) is 0 Å². The maximum atomic E-state index is 5.86. The fourth-order valence-corrected chi connectivity index (χ4v) is 0. The standard InChI is InChI=1S/CH4N2.BrH.HI.Sn/c2-1-3;;;/h1H,(H3,2,3);2*1H;/q;;;+2/p-2. The molecule has 0 saturated heterocycles. The molecule has 0 rings (SSSR count). The molecule has 0 atom stereocenters. The SMILES string of the molecule is N=CN.[Br-].[I-].[Sn+2]. The average molecular weight is 370 g/mol. The predicted octanol–water partition coefficient (Wildman–Crippen LogP) is -6.82. The minimum Gasteiger partial charge on any atom is -1.00 e. The second-order valence-corrected chi connectivity index (χ2v) is 0.167. The molecule has 0 aromatic carbocycles. The van der Waals surface area contributed by atoms with Gasteiger partial charge in [0.05, 0.1) is 6.34 Å². The van der Waals surface area contributed by atoms with Crippen LogP contribution in [0.25, 0.3) is 0 Å². The number of hydrogen-bond donors (Lipinski definition) is 2. The van der Waals surface area contributed by atoms with Crippen LogP contribution < -0.4 is 46.7 Å². The van der Waals surface area contributed by atoms with E-state index in [1.807, 2.05) is 0 Å². The van der Waals surface area contributed by atoms with Crippen LogP contribution in [-0.4, -0.2) is 30.2 Å². The van der Waals surface area contributed by atoms with Crippen LogP contribution in [0.5, 0.6) is 0 Å². The van der Waals surface area contributed by atoms with E-state index < -0.39 is 0 Å². The van der Waals surface area contributed by atoms with Crippen molar-refractivity contribution >= 4 is 30.2 Å². The van der Waals surface area contributed by atoms with Crippen LogP contribution in [0.1, 0.15) is 0 Å². The third-order valence-electron chi connectivity index (χ3n) is 0. The maximum absolute atomic E-state index is 5.86. The Morgan fingerprint density at radius 3 is 1.50 bits per heavy atom.